The highest BCUT2D eigenvalue weighted by atomic mass is 16.2. The number of para-hydroxylation sites is 1. The second-order valence-corrected chi connectivity index (χ2v) is 5.54. The van der Waals surface area contributed by atoms with Crippen LogP contribution in [0.1, 0.15) is 42.6 Å². The van der Waals surface area contributed by atoms with Gasteiger partial charge in [0.05, 0.1) is 28.7 Å². The van der Waals surface area contributed by atoms with Crippen LogP contribution in [0.3, 0.4) is 0 Å². The van der Waals surface area contributed by atoms with E-state index < -0.39 is 0 Å². The summed E-state index contributed by atoms with van der Waals surface area (Å²) in [6.07, 6.45) is 5.08. The van der Waals surface area contributed by atoms with Gasteiger partial charge in [0.15, 0.2) is 0 Å². The molecule has 0 unspecified atom stereocenters. The molecule has 1 aromatic carbocycles. The smallest absolute Gasteiger partial charge is 0.255 e. The molecule has 1 N–H and O–H groups in total. The van der Waals surface area contributed by atoms with Gasteiger partial charge in [-0.3, -0.25) is 9.78 Å². The lowest BCUT2D eigenvalue weighted by atomic mass is 10.1. The van der Waals surface area contributed by atoms with Crippen LogP contribution < -0.4 is 5.32 Å². The molecule has 0 aliphatic rings. The minimum atomic E-state index is -0.0107. The summed E-state index contributed by atoms with van der Waals surface area (Å²) in [5.41, 5.74) is 2.49. The first-order valence-corrected chi connectivity index (χ1v) is 8.20. The summed E-state index contributed by atoms with van der Waals surface area (Å²) in [6.45, 7) is 5.60. The molecule has 0 bridgehead atoms. The predicted molar refractivity (Wildman–Crippen MR) is 95.2 cm³/mol. The van der Waals surface area contributed by atoms with Crippen molar-refractivity contribution in [2.24, 2.45) is 0 Å². The van der Waals surface area contributed by atoms with Gasteiger partial charge >= 0.3 is 0 Å². The van der Waals surface area contributed by atoms with E-state index >= 15 is 0 Å². The molecular weight excluding hydrogens is 300 g/mol. The number of anilines is 2. The Hall–Kier alpha value is -2.87. The van der Waals surface area contributed by atoms with Gasteiger partial charge in [-0.2, -0.15) is 5.26 Å². The standard InChI is InChI=1S/C19H22N4O/c1-3-9-23(10-4-2)19(24)16-11-17(14-21-13-16)22-18-8-6-5-7-15(18)12-20/h5-8,11,13-14,22H,3-4,9-10H2,1-2H3. The maximum Gasteiger partial charge on any atom is 0.255 e. The number of rotatable bonds is 7. The molecule has 0 fully saturated rings. The summed E-state index contributed by atoms with van der Waals surface area (Å²) in [5.74, 6) is -0.0107. The van der Waals surface area contributed by atoms with E-state index in [9.17, 15) is 4.79 Å². The summed E-state index contributed by atoms with van der Waals surface area (Å²) in [4.78, 5) is 18.7. The molecule has 5 nitrogen and oxygen atoms in total. The van der Waals surface area contributed by atoms with Crippen molar-refractivity contribution in [1.29, 1.82) is 5.26 Å². The molecule has 5 heteroatoms. The molecule has 0 aliphatic carbocycles. The van der Waals surface area contributed by atoms with Crippen LogP contribution in [0.5, 0.6) is 0 Å². The van der Waals surface area contributed by atoms with Crippen LogP contribution in [0.4, 0.5) is 11.4 Å². The summed E-state index contributed by atoms with van der Waals surface area (Å²) in [7, 11) is 0. The number of nitrogens with one attached hydrogen (secondary N) is 1. The van der Waals surface area contributed by atoms with E-state index in [1.54, 1.807) is 24.5 Å². The maximum atomic E-state index is 12.7. The van der Waals surface area contributed by atoms with E-state index in [2.05, 4.69) is 30.2 Å². The molecule has 1 heterocycles. The molecule has 0 radical (unpaired) electrons. The minimum absolute atomic E-state index is 0.0107. The molecule has 2 aromatic rings. The Morgan fingerprint density at radius 2 is 1.92 bits per heavy atom. The number of amides is 1. The van der Waals surface area contributed by atoms with Gasteiger partial charge in [-0.15, -0.1) is 0 Å². The van der Waals surface area contributed by atoms with E-state index in [1.165, 1.54) is 0 Å². The van der Waals surface area contributed by atoms with Gasteiger partial charge in [0.25, 0.3) is 5.91 Å². The predicted octanol–water partition coefficient (Wildman–Crippen LogP) is 3.96. The molecule has 124 valence electrons. The fourth-order valence-corrected chi connectivity index (χ4v) is 2.51. The van der Waals surface area contributed by atoms with Crippen molar-refractivity contribution >= 4 is 17.3 Å². The molecule has 2 rings (SSSR count). The number of hydrogen-bond donors (Lipinski definition) is 1. The number of aromatic nitrogens is 1. The largest absolute Gasteiger partial charge is 0.353 e. The fourth-order valence-electron chi connectivity index (χ4n) is 2.51. The zero-order chi connectivity index (χ0) is 17.4. The third-order valence-electron chi connectivity index (χ3n) is 3.59. The van der Waals surface area contributed by atoms with Crippen molar-refractivity contribution in [3.05, 3.63) is 53.9 Å². The van der Waals surface area contributed by atoms with Crippen molar-refractivity contribution in [3.8, 4) is 6.07 Å². The molecule has 0 saturated heterocycles. The molecule has 24 heavy (non-hydrogen) atoms. The topological polar surface area (TPSA) is 69.0 Å². The minimum Gasteiger partial charge on any atom is -0.353 e. The molecule has 0 aliphatic heterocycles. The van der Waals surface area contributed by atoms with Crippen LogP contribution in [-0.2, 0) is 0 Å². The fraction of sp³-hybridized carbons (Fsp3) is 0.316. The van der Waals surface area contributed by atoms with Gasteiger partial charge < -0.3 is 10.2 Å². The molecule has 0 atom stereocenters. The highest BCUT2D eigenvalue weighted by Crippen LogP contribution is 2.20. The van der Waals surface area contributed by atoms with Crippen LogP contribution in [0.15, 0.2) is 42.7 Å². The molecule has 0 saturated carbocycles. The first kappa shape index (κ1) is 17.5. The summed E-state index contributed by atoms with van der Waals surface area (Å²) < 4.78 is 0. The number of benzene rings is 1. The summed E-state index contributed by atoms with van der Waals surface area (Å²) in [6, 6.07) is 11.2. The first-order chi connectivity index (χ1) is 11.7. The van der Waals surface area contributed by atoms with E-state index in [1.807, 2.05) is 23.1 Å². The van der Waals surface area contributed by atoms with Crippen LogP contribution in [0.25, 0.3) is 0 Å². The SMILES string of the molecule is CCCN(CCC)C(=O)c1cncc(Nc2ccccc2C#N)c1. The maximum absolute atomic E-state index is 12.7. The number of pyridine rings is 1. The average Bonchev–Trinajstić information content (AvgIpc) is 2.61. The normalized spacial score (nSPS) is 10.0. The monoisotopic (exact) mass is 322 g/mol. The van der Waals surface area contributed by atoms with E-state index in [0.717, 1.165) is 25.9 Å². The van der Waals surface area contributed by atoms with Gasteiger partial charge in [-0.1, -0.05) is 26.0 Å². The lowest BCUT2D eigenvalue weighted by Crippen LogP contribution is -2.32. The van der Waals surface area contributed by atoms with Gasteiger partial charge in [0.2, 0.25) is 0 Å². The Morgan fingerprint density at radius 1 is 1.21 bits per heavy atom. The third-order valence-corrected chi connectivity index (χ3v) is 3.59. The second kappa shape index (κ2) is 8.68. The Morgan fingerprint density at radius 3 is 2.58 bits per heavy atom. The van der Waals surface area contributed by atoms with Crippen LogP contribution in [0, 0.1) is 11.3 Å². The Labute approximate surface area is 142 Å². The highest BCUT2D eigenvalue weighted by Gasteiger charge is 2.15. The number of nitrogens with zero attached hydrogens (tertiary/aromatic N) is 3. The van der Waals surface area contributed by atoms with Crippen LogP contribution in [-0.4, -0.2) is 28.9 Å². The number of nitriles is 1. The average molecular weight is 322 g/mol. The van der Waals surface area contributed by atoms with Crippen molar-refractivity contribution in [3.63, 3.8) is 0 Å². The van der Waals surface area contributed by atoms with Crippen LogP contribution >= 0.6 is 0 Å². The Kier molecular flexibility index (Phi) is 6.32. The van der Waals surface area contributed by atoms with E-state index in [-0.39, 0.29) is 5.91 Å². The Balaban J connectivity index is 2.22. The van der Waals surface area contributed by atoms with Crippen molar-refractivity contribution in [1.82, 2.24) is 9.88 Å². The molecule has 1 amide bonds. The van der Waals surface area contributed by atoms with Gasteiger partial charge in [0, 0.05) is 19.3 Å². The quantitative estimate of drug-likeness (QED) is 0.837. The van der Waals surface area contributed by atoms with Crippen molar-refractivity contribution < 1.29 is 4.79 Å². The first-order valence-electron chi connectivity index (χ1n) is 8.20. The third kappa shape index (κ3) is 4.32. The number of carbonyl (C=O) groups excluding carboxylic acids is 1. The summed E-state index contributed by atoms with van der Waals surface area (Å²) >= 11 is 0. The highest BCUT2D eigenvalue weighted by molar-refractivity contribution is 5.95. The zero-order valence-electron chi connectivity index (χ0n) is 14.1. The van der Waals surface area contributed by atoms with Gasteiger partial charge in [-0.05, 0) is 31.0 Å². The van der Waals surface area contributed by atoms with E-state index in [0.29, 0.717) is 22.5 Å². The lowest BCUT2D eigenvalue weighted by Gasteiger charge is -2.21. The van der Waals surface area contributed by atoms with Crippen molar-refractivity contribution in [2.75, 3.05) is 18.4 Å². The second-order valence-electron chi connectivity index (χ2n) is 5.54. The van der Waals surface area contributed by atoms with Crippen LogP contribution in [0.2, 0.25) is 0 Å². The molecular formula is C19H22N4O. The lowest BCUT2D eigenvalue weighted by molar-refractivity contribution is 0.0755. The zero-order valence-corrected chi connectivity index (χ0v) is 14.1. The number of carbonyl (C=O) groups is 1. The Bertz CT molecular complexity index is 730. The van der Waals surface area contributed by atoms with Gasteiger partial charge in [-0.25, -0.2) is 0 Å². The van der Waals surface area contributed by atoms with Crippen molar-refractivity contribution in [2.45, 2.75) is 26.7 Å². The molecule has 0 spiro atoms. The van der Waals surface area contributed by atoms with E-state index in [4.69, 9.17) is 5.26 Å². The van der Waals surface area contributed by atoms with Gasteiger partial charge in [0.1, 0.15) is 6.07 Å². The molecule has 1 aromatic heterocycles. The summed E-state index contributed by atoms with van der Waals surface area (Å²) in [5, 5.41) is 12.3. The number of hydrogen-bond acceptors (Lipinski definition) is 4.